The molecular weight excluding hydrogens is 290 g/mol. The number of ether oxygens (including phenoxy) is 1. The number of guanidine groups is 1. The van der Waals surface area contributed by atoms with Crippen LogP contribution in [0.25, 0.3) is 0 Å². The van der Waals surface area contributed by atoms with Crippen LogP contribution in [-0.4, -0.2) is 37.4 Å². The van der Waals surface area contributed by atoms with Gasteiger partial charge in [-0.15, -0.1) is 0 Å². The molecule has 0 aliphatic carbocycles. The lowest BCUT2D eigenvalue weighted by Crippen LogP contribution is -2.38. The first-order valence-corrected chi connectivity index (χ1v) is 8.42. The van der Waals surface area contributed by atoms with Crippen molar-refractivity contribution in [2.45, 2.75) is 40.7 Å². The summed E-state index contributed by atoms with van der Waals surface area (Å²) in [5.41, 5.74) is 2.25. The van der Waals surface area contributed by atoms with Gasteiger partial charge in [-0.25, -0.2) is 4.99 Å². The summed E-state index contributed by atoms with van der Waals surface area (Å²) in [6.07, 6.45) is 1.04. The van der Waals surface area contributed by atoms with Gasteiger partial charge in [0.05, 0.1) is 19.8 Å². The van der Waals surface area contributed by atoms with Crippen molar-refractivity contribution in [3.05, 3.63) is 29.3 Å². The van der Waals surface area contributed by atoms with Gasteiger partial charge in [-0.2, -0.15) is 0 Å². The fourth-order valence-electron chi connectivity index (χ4n) is 2.01. The molecule has 0 amide bonds. The third-order valence-electron chi connectivity index (χ3n) is 3.33. The van der Waals surface area contributed by atoms with Crippen molar-refractivity contribution >= 4 is 5.96 Å². The van der Waals surface area contributed by atoms with Crippen molar-refractivity contribution in [2.24, 2.45) is 10.9 Å². The van der Waals surface area contributed by atoms with Crippen LogP contribution < -0.4 is 15.4 Å². The Bertz CT molecular complexity index is 487. The summed E-state index contributed by atoms with van der Waals surface area (Å²) in [6, 6.07) is 6.21. The molecule has 0 heterocycles. The minimum Gasteiger partial charge on any atom is -0.493 e. The van der Waals surface area contributed by atoms with Crippen LogP contribution in [0.3, 0.4) is 0 Å². The standard InChI is InChI=1S/C18H31N3O2/c1-5-19-18(20-9-10-22)21-13-16-7-6-15(4)12-17(16)23-11-8-14(2)3/h6-7,12,14,22H,5,8-11,13H2,1-4H3,(H2,19,20,21). The molecule has 1 aromatic rings. The molecule has 0 aliphatic rings. The molecule has 0 bridgehead atoms. The largest absolute Gasteiger partial charge is 0.493 e. The second kappa shape index (κ2) is 10.9. The molecule has 0 fully saturated rings. The van der Waals surface area contributed by atoms with Crippen molar-refractivity contribution < 1.29 is 9.84 Å². The Labute approximate surface area is 140 Å². The van der Waals surface area contributed by atoms with E-state index in [1.165, 1.54) is 5.56 Å². The third kappa shape index (κ3) is 7.88. The van der Waals surface area contributed by atoms with E-state index < -0.39 is 0 Å². The summed E-state index contributed by atoms with van der Waals surface area (Å²) in [6.45, 7) is 11.1. The molecule has 0 radical (unpaired) electrons. The maximum atomic E-state index is 8.92. The predicted molar refractivity (Wildman–Crippen MR) is 96.0 cm³/mol. The maximum Gasteiger partial charge on any atom is 0.191 e. The van der Waals surface area contributed by atoms with Gasteiger partial charge in [0, 0.05) is 18.7 Å². The fraction of sp³-hybridized carbons (Fsp3) is 0.611. The van der Waals surface area contributed by atoms with E-state index in [2.05, 4.69) is 54.6 Å². The first-order valence-electron chi connectivity index (χ1n) is 8.42. The number of aliphatic hydroxyl groups excluding tert-OH is 1. The topological polar surface area (TPSA) is 65.9 Å². The van der Waals surface area contributed by atoms with E-state index in [9.17, 15) is 0 Å². The van der Waals surface area contributed by atoms with E-state index >= 15 is 0 Å². The van der Waals surface area contributed by atoms with E-state index in [-0.39, 0.29) is 6.61 Å². The Hall–Kier alpha value is -1.75. The number of rotatable bonds is 9. The normalized spacial score (nSPS) is 11.7. The number of benzene rings is 1. The molecule has 0 saturated heterocycles. The lowest BCUT2D eigenvalue weighted by molar-refractivity contribution is 0.287. The second-order valence-corrected chi connectivity index (χ2v) is 5.99. The zero-order valence-electron chi connectivity index (χ0n) is 14.9. The zero-order chi connectivity index (χ0) is 17.1. The molecule has 0 atom stereocenters. The highest BCUT2D eigenvalue weighted by Gasteiger charge is 2.06. The van der Waals surface area contributed by atoms with Gasteiger partial charge in [0.25, 0.3) is 0 Å². The van der Waals surface area contributed by atoms with Crippen LogP contribution in [0.4, 0.5) is 0 Å². The zero-order valence-corrected chi connectivity index (χ0v) is 14.9. The van der Waals surface area contributed by atoms with Gasteiger partial charge in [0.15, 0.2) is 5.96 Å². The third-order valence-corrected chi connectivity index (χ3v) is 3.33. The molecule has 5 nitrogen and oxygen atoms in total. The number of aliphatic hydroxyl groups is 1. The molecule has 3 N–H and O–H groups in total. The quantitative estimate of drug-likeness (QED) is 0.483. The average molecular weight is 321 g/mol. The van der Waals surface area contributed by atoms with Crippen molar-refractivity contribution in [3.63, 3.8) is 0 Å². The lowest BCUT2D eigenvalue weighted by atomic mass is 10.1. The summed E-state index contributed by atoms with van der Waals surface area (Å²) < 4.78 is 5.95. The van der Waals surface area contributed by atoms with Crippen molar-refractivity contribution in [2.75, 3.05) is 26.3 Å². The number of hydrogen-bond acceptors (Lipinski definition) is 3. The Morgan fingerprint density at radius 3 is 2.74 bits per heavy atom. The highest BCUT2D eigenvalue weighted by Crippen LogP contribution is 2.22. The molecule has 1 aromatic carbocycles. The summed E-state index contributed by atoms with van der Waals surface area (Å²) in [5.74, 6) is 2.24. The number of nitrogens with one attached hydrogen (secondary N) is 2. The van der Waals surface area contributed by atoms with Crippen LogP contribution in [0.1, 0.15) is 38.3 Å². The van der Waals surface area contributed by atoms with Gasteiger partial charge in [-0.3, -0.25) is 0 Å². The summed E-state index contributed by atoms with van der Waals surface area (Å²) >= 11 is 0. The van der Waals surface area contributed by atoms with Gasteiger partial charge in [0.2, 0.25) is 0 Å². The molecule has 0 unspecified atom stereocenters. The summed E-state index contributed by atoms with van der Waals surface area (Å²) in [4.78, 5) is 4.56. The Kier molecular flexibility index (Phi) is 9.14. The molecule has 5 heteroatoms. The SMILES string of the molecule is CCNC(=NCc1ccc(C)cc1OCCC(C)C)NCCO. The second-order valence-electron chi connectivity index (χ2n) is 5.99. The average Bonchev–Trinajstić information content (AvgIpc) is 2.51. The Morgan fingerprint density at radius 2 is 2.09 bits per heavy atom. The van der Waals surface area contributed by atoms with E-state index in [0.717, 1.165) is 30.9 Å². The predicted octanol–water partition coefficient (Wildman–Crippen LogP) is 2.47. The van der Waals surface area contributed by atoms with Crippen LogP contribution >= 0.6 is 0 Å². The van der Waals surface area contributed by atoms with E-state index in [1.807, 2.05) is 6.92 Å². The molecule has 0 aromatic heterocycles. The maximum absolute atomic E-state index is 8.92. The minimum absolute atomic E-state index is 0.0819. The Balaban J connectivity index is 2.76. The summed E-state index contributed by atoms with van der Waals surface area (Å²) in [7, 11) is 0. The first-order chi connectivity index (χ1) is 11.1. The van der Waals surface area contributed by atoms with E-state index in [4.69, 9.17) is 9.84 Å². The fourth-order valence-corrected chi connectivity index (χ4v) is 2.01. The highest BCUT2D eigenvalue weighted by molar-refractivity contribution is 5.79. The van der Waals surface area contributed by atoms with Crippen molar-refractivity contribution in [1.82, 2.24) is 10.6 Å². The number of nitrogens with zero attached hydrogens (tertiary/aromatic N) is 1. The highest BCUT2D eigenvalue weighted by atomic mass is 16.5. The summed E-state index contributed by atoms with van der Waals surface area (Å²) in [5, 5.41) is 15.2. The van der Waals surface area contributed by atoms with Crippen LogP contribution in [-0.2, 0) is 6.54 Å². The number of hydrogen-bond donors (Lipinski definition) is 3. The van der Waals surface area contributed by atoms with Crippen LogP contribution in [0, 0.1) is 12.8 Å². The minimum atomic E-state index is 0.0819. The van der Waals surface area contributed by atoms with Gasteiger partial charge in [-0.1, -0.05) is 26.0 Å². The lowest BCUT2D eigenvalue weighted by Gasteiger charge is -2.14. The Morgan fingerprint density at radius 1 is 1.30 bits per heavy atom. The van der Waals surface area contributed by atoms with Gasteiger partial charge in [0.1, 0.15) is 5.75 Å². The number of aliphatic imine (C=N–C) groups is 1. The molecule has 23 heavy (non-hydrogen) atoms. The van der Waals surface area contributed by atoms with E-state index in [1.54, 1.807) is 0 Å². The van der Waals surface area contributed by atoms with Crippen molar-refractivity contribution in [1.29, 1.82) is 0 Å². The molecule has 0 saturated carbocycles. The smallest absolute Gasteiger partial charge is 0.191 e. The molecule has 1 rings (SSSR count). The molecular formula is C18H31N3O2. The van der Waals surface area contributed by atoms with Crippen molar-refractivity contribution in [3.8, 4) is 5.75 Å². The van der Waals surface area contributed by atoms with Gasteiger partial charge < -0.3 is 20.5 Å². The van der Waals surface area contributed by atoms with Crippen LogP contribution in [0.15, 0.2) is 23.2 Å². The van der Waals surface area contributed by atoms with E-state index in [0.29, 0.717) is 25.0 Å². The van der Waals surface area contributed by atoms with Gasteiger partial charge >= 0.3 is 0 Å². The monoisotopic (exact) mass is 321 g/mol. The van der Waals surface area contributed by atoms with Crippen LogP contribution in [0.2, 0.25) is 0 Å². The van der Waals surface area contributed by atoms with Crippen LogP contribution in [0.5, 0.6) is 5.75 Å². The van der Waals surface area contributed by atoms with Gasteiger partial charge in [-0.05, 0) is 37.8 Å². The first kappa shape index (κ1) is 19.3. The number of aryl methyl sites for hydroxylation is 1. The molecule has 0 aliphatic heterocycles. The molecule has 130 valence electrons. The molecule has 0 spiro atoms.